The summed E-state index contributed by atoms with van der Waals surface area (Å²) in [5.41, 5.74) is 0.903. The molecule has 2 aromatic carbocycles. The Morgan fingerprint density at radius 2 is 1.21 bits per heavy atom. The molecule has 0 N–H and O–H groups in total. The minimum absolute atomic E-state index is 0.299. The van der Waals surface area contributed by atoms with E-state index in [1.165, 1.54) is 20.6 Å². The molecular weight excluding hydrogens is 593 g/mol. The Labute approximate surface area is 251 Å². The van der Waals surface area contributed by atoms with E-state index in [2.05, 4.69) is 49.6 Å². The van der Waals surface area contributed by atoms with Crippen LogP contribution in [-0.2, 0) is 19.1 Å². The molecule has 4 nitrogen and oxygen atoms in total. The second-order valence-electron chi connectivity index (χ2n) is 9.03. The van der Waals surface area contributed by atoms with E-state index < -0.39 is 0 Å². The first-order valence-corrected chi connectivity index (χ1v) is 18.2. The molecule has 4 atom stereocenters. The van der Waals surface area contributed by atoms with Gasteiger partial charge in [-0.05, 0) is 36.8 Å². The summed E-state index contributed by atoms with van der Waals surface area (Å²) in [6, 6.07) is 13.2. The summed E-state index contributed by atoms with van der Waals surface area (Å²) >= 11 is 11.6. The summed E-state index contributed by atoms with van der Waals surface area (Å²) in [6.45, 7) is 11.6. The van der Waals surface area contributed by atoms with E-state index in [9.17, 15) is 9.59 Å². The molecule has 2 aromatic rings. The number of carbonyl (C=O) groups excluding carboxylic acids is 2. The summed E-state index contributed by atoms with van der Waals surface area (Å²) in [7, 11) is 0. The second-order valence-corrected chi connectivity index (χ2v) is 17.2. The van der Waals surface area contributed by atoms with Crippen LogP contribution in [0.2, 0.25) is 0 Å². The monoisotopic (exact) mass is 624 g/mol. The Kier molecular flexibility index (Phi) is 11.7. The molecular formula is C28H32O4S6. The van der Waals surface area contributed by atoms with Gasteiger partial charge >= 0.3 is 11.9 Å². The molecule has 38 heavy (non-hydrogen) atoms. The highest BCUT2D eigenvalue weighted by molar-refractivity contribution is 8.22. The predicted octanol–water partition coefficient (Wildman–Crippen LogP) is 7.61. The molecule has 0 bridgehead atoms. The number of ether oxygens (including phenoxy) is 2. The number of fused-ring (bicyclic) bond motifs is 1. The molecule has 2 heterocycles. The van der Waals surface area contributed by atoms with Crippen LogP contribution in [0.15, 0.2) is 70.5 Å². The third kappa shape index (κ3) is 8.61. The first-order valence-electron chi connectivity index (χ1n) is 12.3. The van der Waals surface area contributed by atoms with Crippen molar-refractivity contribution in [3.63, 3.8) is 0 Å². The number of thioether (sulfide) groups is 6. The Balaban J connectivity index is 1.27. The zero-order valence-electron chi connectivity index (χ0n) is 21.5. The van der Waals surface area contributed by atoms with Gasteiger partial charge in [-0.3, -0.25) is 0 Å². The minimum atomic E-state index is -0.299. The molecule has 204 valence electrons. The van der Waals surface area contributed by atoms with Crippen molar-refractivity contribution in [2.24, 2.45) is 0 Å². The number of hydrogen-bond donors (Lipinski definition) is 0. The zero-order chi connectivity index (χ0) is 27.1. The van der Waals surface area contributed by atoms with E-state index in [0.717, 1.165) is 23.0 Å². The fourth-order valence-corrected chi connectivity index (χ4v) is 13.0. The highest BCUT2D eigenvalue weighted by Gasteiger charge is 2.28. The van der Waals surface area contributed by atoms with Gasteiger partial charge in [0.05, 0.1) is 9.16 Å². The van der Waals surface area contributed by atoms with Gasteiger partial charge in [-0.25, -0.2) is 9.59 Å². The van der Waals surface area contributed by atoms with Crippen LogP contribution in [0.3, 0.4) is 0 Å². The molecule has 2 saturated heterocycles. The fraction of sp³-hybridized carbons (Fsp3) is 0.429. The predicted molar refractivity (Wildman–Crippen MR) is 172 cm³/mol. The van der Waals surface area contributed by atoms with Gasteiger partial charge in [0.15, 0.2) is 0 Å². The smallest absolute Gasteiger partial charge is 0.333 e. The van der Waals surface area contributed by atoms with E-state index in [1.807, 2.05) is 70.6 Å². The highest BCUT2D eigenvalue weighted by Crippen LogP contribution is 2.44. The molecule has 10 heteroatoms. The van der Waals surface area contributed by atoms with E-state index in [1.54, 1.807) is 13.8 Å². The quantitative estimate of drug-likeness (QED) is 0.134. The average Bonchev–Trinajstić information content (AvgIpc) is 3.57. The van der Waals surface area contributed by atoms with Crippen molar-refractivity contribution in [1.82, 2.24) is 0 Å². The zero-order valence-corrected chi connectivity index (χ0v) is 26.4. The number of benzene rings is 2. The molecule has 0 aliphatic carbocycles. The van der Waals surface area contributed by atoms with Gasteiger partial charge in [0, 0.05) is 54.4 Å². The van der Waals surface area contributed by atoms with Gasteiger partial charge < -0.3 is 9.47 Å². The largest absolute Gasteiger partial charge is 0.461 e. The van der Waals surface area contributed by atoms with E-state index >= 15 is 0 Å². The molecule has 2 aliphatic heterocycles. The fourth-order valence-electron chi connectivity index (χ4n) is 3.77. The van der Waals surface area contributed by atoms with Crippen molar-refractivity contribution in [3.05, 3.63) is 60.7 Å². The van der Waals surface area contributed by atoms with E-state index in [-0.39, 0.29) is 11.9 Å². The number of rotatable bonds is 12. The van der Waals surface area contributed by atoms with Gasteiger partial charge in [-0.1, -0.05) is 37.4 Å². The number of carbonyl (C=O) groups is 2. The summed E-state index contributed by atoms with van der Waals surface area (Å²) in [6.07, 6.45) is 0. The minimum Gasteiger partial charge on any atom is -0.461 e. The van der Waals surface area contributed by atoms with Crippen molar-refractivity contribution >= 4 is 93.3 Å². The van der Waals surface area contributed by atoms with Crippen molar-refractivity contribution in [2.75, 3.05) is 36.2 Å². The molecule has 2 aliphatic rings. The average molecular weight is 625 g/mol. The Bertz CT molecular complexity index is 1090. The van der Waals surface area contributed by atoms with Crippen LogP contribution in [0.25, 0.3) is 10.8 Å². The first-order chi connectivity index (χ1) is 18.3. The van der Waals surface area contributed by atoms with Gasteiger partial charge in [0.2, 0.25) is 0 Å². The summed E-state index contributed by atoms with van der Waals surface area (Å²) in [5.74, 6) is 3.44. The van der Waals surface area contributed by atoms with Crippen molar-refractivity contribution in [2.45, 2.75) is 43.3 Å². The van der Waals surface area contributed by atoms with Crippen LogP contribution in [0.5, 0.6) is 0 Å². The van der Waals surface area contributed by atoms with Crippen LogP contribution >= 0.6 is 70.6 Å². The topological polar surface area (TPSA) is 52.6 Å². The van der Waals surface area contributed by atoms with Gasteiger partial charge in [-0.15, -0.1) is 70.6 Å². The highest BCUT2D eigenvalue weighted by atomic mass is 32.2. The molecule has 0 spiro atoms. The molecule has 0 aromatic heterocycles. The van der Waals surface area contributed by atoms with E-state index in [4.69, 9.17) is 9.47 Å². The maximum absolute atomic E-state index is 11.7. The van der Waals surface area contributed by atoms with Crippen molar-refractivity contribution < 1.29 is 19.1 Å². The summed E-state index contributed by atoms with van der Waals surface area (Å²) in [4.78, 5) is 26.0. The third-order valence-electron chi connectivity index (χ3n) is 5.71. The van der Waals surface area contributed by atoms with Crippen LogP contribution in [0.1, 0.15) is 13.8 Å². The van der Waals surface area contributed by atoms with Crippen molar-refractivity contribution in [3.8, 4) is 0 Å². The lowest BCUT2D eigenvalue weighted by Crippen LogP contribution is -2.16. The number of hydrogen-bond acceptors (Lipinski definition) is 10. The number of esters is 2. The summed E-state index contributed by atoms with van der Waals surface area (Å²) in [5, 5.41) is 3.29. The van der Waals surface area contributed by atoms with Gasteiger partial charge in [0.1, 0.15) is 13.2 Å². The Hall–Kier alpha value is -0.780. The van der Waals surface area contributed by atoms with Crippen molar-refractivity contribution in [1.29, 1.82) is 0 Å². The standard InChI is InChI=1S/C28H32O4S6/c1-17(2)27(29)31-11-19-13-35-25(37-19)15-33-23-9-5-8-22-21(23)7-6-10-24(22)34-16-26-36-14-20(38-26)12-32-28(30)18(3)4/h5-10,19-20,25-26H,1,3,11-16H2,2,4H3. The molecule has 4 unspecified atom stereocenters. The van der Waals surface area contributed by atoms with E-state index in [0.29, 0.717) is 44.0 Å². The molecule has 4 rings (SSSR count). The molecule has 0 radical (unpaired) electrons. The van der Waals surface area contributed by atoms with Crippen LogP contribution in [0, 0.1) is 0 Å². The lowest BCUT2D eigenvalue weighted by atomic mass is 10.1. The van der Waals surface area contributed by atoms with Crippen LogP contribution in [0.4, 0.5) is 0 Å². The molecule has 0 saturated carbocycles. The Morgan fingerprint density at radius 3 is 1.61 bits per heavy atom. The maximum Gasteiger partial charge on any atom is 0.333 e. The Morgan fingerprint density at radius 1 is 0.789 bits per heavy atom. The maximum atomic E-state index is 11.7. The van der Waals surface area contributed by atoms with Gasteiger partial charge in [0.25, 0.3) is 0 Å². The van der Waals surface area contributed by atoms with Crippen LogP contribution in [-0.4, -0.2) is 67.8 Å². The van der Waals surface area contributed by atoms with Crippen LogP contribution < -0.4 is 0 Å². The second kappa shape index (κ2) is 14.7. The lowest BCUT2D eigenvalue weighted by Gasteiger charge is -2.14. The SMILES string of the molecule is C=C(C)C(=O)OCC1CSC(CSc2cccc3c(SCC4SCC(COC(=O)C(=C)C)S4)cccc23)S1. The third-order valence-corrected chi connectivity index (χ3v) is 15.4. The lowest BCUT2D eigenvalue weighted by molar-refractivity contribution is -0.139. The summed E-state index contributed by atoms with van der Waals surface area (Å²) < 4.78 is 11.7. The van der Waals surface area contributed by atoms with Gasteiger partial charge in [-0.2, -0.15) is 0 Å². The first kappa shape index (κ1) is 30.2. The molecule has 2 fully saturated rings. The molecule has 0 amide bonds. The normalized spacial score (nSPS) is 22.9.